The molecule has 0 fully saturated rings. The molecule has 0 bridgehead atoms. The van der Waals surface area contributed by atoms with Crippen molar-refractivity contribution in [2.75, 3.05) is 5.75 Å². The fourth-order valence-electron chi connectivity index (χ4n) is 1.05. The average Bonchev–Trinajstić information content (AvgIpc) is 2.18. The minimum atomic E-state index is -1.20. The summed E-state index contributed by atoms with van der Waals surface area (Å²) in [5.74, 6) is -0.701. The summed E-state index contributed by atoms with van der Waals surface area (Å²) in [6.45, 7) is 0. The standard InChI is InChI=1S/C10H9NO3S/c11-5-6-15(14)7-8-1-3-9(4-2-8)10(12)13/h1-4H,6-7H2,(H,12,13). The van der Waals surface area contributed by atoms with Crippen molar-refractivity contribution in [2.45, 2.75) is 5.75 Å². The van der Waals surface area contributed by atoms with Crippen LogP contribution in [0.2, 0.25) is 0 Å². The first-order valence-electron chi connectivity index (χ1n) is 4.17. The number of carbonyl (C=O) groups is 1. The third-order valence-electron chi connectivity index (χ3n) is 1.75. The van der Waals surface area contributed by atoms with Gasteiger partial charge in [0.2, 0.25) is 0 Å². The van der Waals surface area contributed by atoms with Crippen LogP contribution in [0.4, 0.5) is 0 Å². The summed E-state index contributed by atoms with van der Waals surface area (Å²) in [7, 11) is -1.20. The number of hydrogen-bond donors (Lipinski definition) is 1. The normalized spacial score (nSPS) is 11.7. The molecule has 1 rings (SSSR count). The Morgan fingerprint density at radius 3 is 2.47 bits per heavy atom. The number of nitriles is 1. The lowest BCUT2D eigenvalue weighted by Gasteiger charge is -1.99. The molecule has 0 heterocycles. The summed E-state index contributed by atoms with van der Waals surface area (Å²) in [5, 5.41) is 16.9. The molecule has 1 N–H and O–H groups in total. The first-order valence-corrected chi connectivity index (χ1v) is 5.66. The Hall–Kier alpha value is -1.67. The SMILES string of the molecule is N#CCS(=O)Cc1ccc(C(=O)O)cc1. The number of benzene rings is 1. The van der Waals surface area contributed by atoms with Crippen LogP contribution >= 0.6 is 0 Å². The van der Waals surface area contributed by atoms with E-state index in [2.05, 4.69) is 0 Å². The van der Waals surface area contributed by atoms with Gasteiger partial charge in [-0.25, -0.2) is 4.79 Å². The Morgan fingerprint density at radius 1 is 1.40 bits per heavy atom. The molecule has 78 valence electrons. The summed E-state index contributed by atoms with van der Waals surface area (Å²) < 4.78 is 11.2. The van der Waals surface area contributed by atoms with Gasteiger partial charge in [-0.15, -0.1) is 0 Å². The molecule has 1 aromatic rings. The molecule has 0 aliphatic rings. The van der Waals surface area contributed by atoms with Gasteiger partial charge in [-0.3, -0.25) is 4.21 Å². The van der Waals surface area contributed by atoms with Crippen molar-refractivity contribution in [3.63, 3.8) is 0 Å². The molecule has 0 aromatic heterocycles. The van der Waals surface area contributed by atoms with E-state index in [1.54, 1.807) is 12.1 Å². The van der Waals surface area contributed by atoms with Gasteiger partial charge in [0, 0.05) is 16.6 Å². The van der Waals surface area contributed by atoms with Gasteiger partial charge in [0.15, 0.2) is 0 Å². The van der Waals surface area contributed by atoms with Crippen LogP contribution in [-0.2, 0) is 16.6 Å². The van der Waals surface area contributed by atoms with Gasteiger partial charge >= 0.3 is 5.97 Å². The lowest BCUT2D eigenvalue weighted by molar-refractivity contribution is 0.0697. The Balaban J connectivity index is 2.69. The molecule has 15 heavy (non-hydrogen) atoms. The monoisotopic (exact) mass is 223 g/mol. The number of carboxylic acid groups (broad SMARTS) is 1. The van der Waals surface area contributed by atoms with Gasteiger partial charge in [-0.2, -0.15) is 5.26 Å². The molecule has 0 saturated carbocycles. The van der Waals surface area contributed by atoms with Crippen molar-refractivity contribution in [3.8, 4) is 6.07 Å². The molecule has 0 amide bonds. The minimum absolute atomic E-state index is 0.000677. The smallest absolute Gasteiger partial charge is 0.335 e. The third-order valence-corrected chi connectivity index (χ3v) is 2.86. The maximum Gasteiger partial charge on any atom is 0.335 e. The molecule has 4 nitrogen and oxygen atoms in total. The zero-order chi connectivity index (χ0) is 11.3. The van der Waals surface area contributed by atoms with Crippen LogP contribution in [0.1, 0.15) is 15.9 Å². The van der Waals surface area contributed by atoms with E-state index in [1.165, 1.54) is 12.1 Å². The van der Waals surface area contributed by atoms with Crippen LogP contribution in [0.3, 0.4) is 0 Å². The molecule has 1 atom stereocenters. The Bertz CT molecular complexity index is 419. The predicted molar refractivity (Wildman–Crippen MR) is 55.7 cm³/mol. The largest absolute Gasteiger partial charge is 0.478 e. The quantitative estimate of drug-likeness (QED) is 0.830. The third kappa shape index (κ3) is 3.52. The lowest BCUT2D eigenvalue weighted by atomic mass is 10.1. The van der Waals surface area contributed by atoms with Crippen molar-refractivity contribution >= 4 is 16.8 Å². The second kappa shape index (κ2) is 5.27. The van der Waals surface area contributed by atoms with E-state index in [4.69, 9.17) is 10.4 Å². The number of rotatable bonds is 4. The van der Waals surface area contributed by atoms with E-state index in [-0.39, 0.29) is 17.1 Å². The van der Waals surface area contributed by atoms with E-state index in [1.807, 2.05) is 6.07 Å². The second-order valence-electron chi connectivity index (χ2n) is 2.89. The molecular formula is C10H9NO3S. The van der Waals surface area contributed by atoms with Crippen LogP contribution in [0.15, 0.2) is 24.3 Å². The molecule has 0 saturated heterocycles. The summed E-state index contributed by atoms with van der Waals surface area (Å²) >= 11 is 0. The van der Waals surface area contributed by atoms with Crippen molar-refractivity contribution in [3.05, 3.63) is 35.4 Å². The number of nitrogens with zero attached hydrogens (tertiary/aromatic N) is 1. The van der Waals surface area contributed by atoms with E-state index < -0.39 is 16.8 Å². The van der Waals surface area contributed by atoms with E-state index >= 15 is 0 Å². The molecule has 0 aliphatic carbocycles. The van der Waals surface area contributed by atoms with E-state index in [0.717, 1.165) is 5.56 Å². The first-order chi connectivity index (χ1) is 7.13. The van der Waals surface area contributed by atoms with Crippen molar-refractivity contribution in [1.29, 1.82) is 5.26 Å². The Morgan fingerprint density at radius 2 is 2.00 bits per heavy atom. The zero-order valence-electron chi connectivity index (χ0n) is 7.84. The fraction of sp³-hybridized carbons (Fsp3) is 0.200. The summed E-state index contributed by atoms with van der Waals surface area (Å²) in [6, 6.07) is 7.96. The number of carboxylic acids is 1. The number of hydrogen-bond acceptors (Lipinski definition) is 3. The van der Waals surface area contributed by atoms with Crippen molar-refractivity contribution < 1.29 is 14.1 Å². The summed E-state index contributed by atoms with van der Waals surface area (Å²) in [6.07, 6.45) is 0. The van der Waals surface area contributed by atoms with Gasteiger partial charge in [0.1, 0.15) is 5.75 Å². The van der Waals surface area contributed by atoms with Crippen LogP contribution in [0.5, 0.6) is 0 Å². The van der Waals surface area contributed by atoms with Gasteiger partial charge < -0.3 is 5.11 Å². The van der Waals surface area contributed by atoms with E-state index in [9.17, 15) is 9.00 Å². The number of aromatic carboxylic acids is 1. The van der Waals surface area contributed by atoms with Gasteiger partial charge in [0.05, 0.1) is 11.6 Å². The second-order valence-corrected chi connectivity index (χ2v) is 4.35. The molecule has 1 unspecified atom stereocenters. The van der Waals surface area contributed by atoms with Crippen LogP contribution in [-0.4, -0.2) is 21.0 Å². The highest BCUT2D eigenvalue weighted by atomic mass is 32.2. The predicted octanol–water partition coefficient (Wildman–Crippen LogP) is 1.16. The first kappa shape index (κ1) is 11.4. The van der Waals surface area contributed by atoms with Crippen LogP contribution < -0.4 is 0 Å². The highest BCUT2D eigenvalue weighted by Gasteiger charge is 2.04. The highest BCUT2D eigenvalue weighted by molar-refractivity contribution is 7.84. The van der Waals surface area contributed by atoms with Gasteiger partial charge in [-0.05, 0) is 17.7 Å². The lowest BCUT2D eigenvalue weighted by Crippen LogP contribution is -2.00. The van der Waals surface area contributed by atoms with Crippen LogP contribution in [0.25, 0.3) is 0 Å². The van der Waals surface area contributed by atoms with Gasteiger partial charge in [-0.1, -0.05) is 12.1 Å². The van der Waals surface area contributed by atoms with Crippen molar-refractivity contribution in [2.24, 2.45) is 0 Å². The Labute approximate surface area is 89.6 Å². The molecule has 1 aromatic carbocycles. The molecule has 0 spiro atoms. The highest BCUT2D eigenvalue weighted by Crippen LogP contribution is 2.06. The maximum atomic E-state index is 11.2. The molecule has 5 heteroatoms. The summed E-state index contributed by atoms with van der Waals surface area (Å²) in [4.78, 5) is 10.5. The minimum Gasteiger partial charge on any atom is -0.478 e. The van der Waals surface area contributed by atoms with E-state index in [0.29, 0.717) is 0 Å². The van der Waals surface area contributed by atoms with Crippen LogP contribution in [0, 0.1) is 11.3 Å². The Kier molecular flexibility index (Phi) is 4.01. The van der Waals surface area contributed by atoms with Crippen molar-refractivity contribution in [1.82, 2.24) is 0 Å². The fourth-order valence-corrected chi connectivity index (χ4v) is 1.86. The molecule has 0 aliphatic heterocycles. The average molecular weight is 223 g/mol. The molecular weight excluding hydrogens is 214 g/mol. The zero-order valence-corrected chi connectivity index (χ0v) is 8.66. The topological polar surface area (TPSA) is 78.2 Å². The maximum absolute atomic E-state index is 11.2. The molecule has 0 radical (unpaired) electrons. The summed E-state index contributed by atoms with van der Waals surface area (Å²) in [5.41, 5.74) is 0.971. The van der Waals surface area contributed by atoms with Gasteiger partial charge in [0.25, 0.3) is 0 Å².